The molecule has 0 saturated carbocycles. The van der Waals surface area contributed by atoms with E-state index in [4.69, 9.17) is 9.72 Å². The van der Waals surface area contributed by atoms with Crippen LogP contribution in [0.15, 0.2) is 188 Å². The van der Waals surface area contributed by atoms with Crippen molar-refractivity contribution in [1.29, 1.82) is 0 Å². The van der Waals surface area contributed by atoms with Crippen LogP contribution in [0.1, 0.15) is 5.56 Å². The van der Waals surface area contributed by atoms with E-state index in [0.717, 1.165) is 72.4 Å². The first kappa shape index (κ1) is 34.6. The third-order valence-corrected chi connectivity index (χ3v) is 10.5. The molecule has 0 N–H and O–H groups in total. The van der Waals surface area contributed by atoms with Crippen molar-refractivity contribution in [1.82, 2.24) is 14.1 Å². The fraction of sp³-hybridized carbons (Fsp3) is 0. The van der Waals surface area contributed by atoms with Crippen LogP contribution in [0.3, 0.4) is 0 Å². The summed E-state index contributed by atoms with van der Waals surface area (Å²) in [4.78, 5) is 9.38. The predicted molar refractivity (Wildman–Crippen MR) is 227 cm³/mol. The average Bonchev–Trinajstić information content (AvgIpc) is 3.95. The third kappa shape index (κ3) is 5.97. The second-order valence-electron chi connectivity index (χ2n) is 13.8. The van der Waals surface area contributed by atoms with E-state index in [-0.39, 0.29) is 21.1 Å². The van der Waals surface area contributed by atoms with Gasteiger partial charge in [-0.15, -0.1) is 48.1 Å². The first-order chi connectivity index (χ1) is 27.8. The summed E-state index contributed by atoms with van der Waals surface area (Å²) in [5.74, 6) is 1.98. The molecule has 3 aromatic heterocycles. The fourth-order valence-electron chi connectivity index (χ4n) is 7.93. The van der Waals surface area contributed by atoms with Gasteiger partial charge in [0.1, 0.15) is 5.82 Å². The van der Waals surface area contributed by atoms with Crippen LogP contribution < -0.4 is 14.5 Å². The molecule has 0 spiro atoms. The maximum Gasteiger partial charge on any atom is 0.137 e. The first-order valence-corrected chi connectivity index (χ1v) is 18.6. The van der Waals surface area contributed by atoms with E-state index in [1.807, 2.05) is 48.7 Å². The van der Waals surface area contributed by atoms with Crippen LogP contribution in [-0.4, -0.2) is 14.1 Å². The summed E-state index contributed by atoms with van der Waals surface area (Å²) < 4.78 is 11.1. The molecule has 0 radical (unpaired) electrons. The Labute approximate surface area is 344 Å². The van der Waals surface area contributed by atoms with Crippen molar-refractivity contribution in [3.8, 4) is 23.0 Å². The molecule has 0 bridgehead atoms. The molecule has 0 unspecified atom stereocenters. The Balaban J connectivity index is 0.00000396. The Morgan fingerprint density at radius 1 is 0.509 bits per heavy atom. The molecule has 6 nitrogen and oxygen atoms in total. The van der Waals surface area contributed by atoms with E-state index in [0.29, 0.717) is 11.5 Å². The zero-order chi connectivity index (χ0) is 37.0. The summed E-state index contributed by atoms with van der Waals surface area (Å²) >= 11 is 0. The molecule has 1 aliphatic rings. The maximum absolute atomic E-state index is 6.59. The molecule has 0 aliphatic carbocycles. The molecule has 0 fully saturated rings. The quantitative estimate of drug-likeness (QED) is 0.149. The number of ether oxygens (including phenoxy) is 1. The number of hydrogen-bond acceptors (Lipinski definition) is 4. The minimum atomic E-state index is 0. The van der Waals surface area contributed by atoms with Gasteiger partial charge in [0.25, 0.3) is 0 Å². The first-order valence-electron chi connectivity index (χ1n) is 18.6. The van der Waals surface area contributed by atoms with Crippen LogP contribution in [0.25, 0.3) is 60.8 Å². The van der Waals surface area contributed by atoms with Gasteiger partial charge >= 0.3 is 0 Å². The average molecular weight is 914 g/mol. The van der Waals surface area contributed by atoms with Crippen LogP contribution >= 0.6 is 0 Å². The topological polar surface area (TPSA) is 38.5 Å². The maximum atomic E-state index is 6.59. The summed E-state index contributed by atoms with van der Waals surface area (Å²) in [5.41, 5.74) is 9.33. The molecular formula is C50H32N5OPt-3. The number of nitrogens with zero attached hydrogens (tertiary/aromatic N) is 5. The Morgan fingerprint density at radius 2 is 1.14 bits per heavy atom. The summed E-state index contributed by atoms with van der Waals surface area (Å²) in [6.45, 7) is 2.09. The number of pyridine rings is 1. The molecule has 7 heteroatoms. The van der Waals surface area contributed by atoms with E-state index in [2.05, 4.69) is 177 Å². The number of hydrogen-bond donors (Lipinski definition) is 0. The van der Waals surface area contributed by atoms with Gasteiger partial charge in [-0.25, -0.2) is 4.98 Å². The van der Waals surface area contributed by atoms with E-state index >= 15 is 0 Å². The van der Waals surface area contributed by atoms with Crippen molar-refractivity contribution in [2.24, 2.45) is 0 Å². The monoisotopic (exact) mass is 913 g/mol. The van der Waals surface area contributed by atoms with Crippen LogP contribution in [0, 0.1) is 18.8 Å². The number of para-hydroxylation sites is 4. The van der Waals surface area contributed by atoms with Crippen LogP contribution in [-0.2, 0) is 21.1 Å². The van der Waals surface area contributed by atoms with Gasteiger partial charge in [-0.3, -0.25) is 0 Å². The molecule has 10 aromatic rings. The summed E-state index contributed by atoms with van der Waals surface area (Å²) in [6, 6.07) is 67.7. The minimum Gasteiger partial charge on any atom is -0.509 e. The van der Waals surface area contributed by atoms with Gasteiger partial charge in [0.15, 0.2) is 0 Å². The Bertz CT molecular complexity index is 3100. The predicted octanol–water partition coefficient (Wildman–Crippen LogP) is 12.1. The van der Waals surface area contributed by atoms with Gasteiger partial charge in [0.05, 0.1) is 11.0 Å². The molecule has 4 heterocycles. The van der Waals surface area contributed by atoms with Crippen LogP contribution in [0.5, 0.6) is 11.5 Å². The van der Waals surface area contributed by atoms with Gasteiger partial charge in [-0.2, -0.15) is 12.1 Å². The van der Waals surface area contributed by atoms with Crippen molar-refractivity contribution in [3.05, 3.63) is 213 Å². The zero-order valence-corrected chi connectivity index (χ0v) is 32.7. The van der Waals surface area contributed by atoms with E-state index in [9.17, 15) is 0 Å². The van der Waals surface area contributed by atoms with E-state index in [1.165, 1.54) is 5.39 Å². The van der Waals surface area contributed by atoms with Crippen molar-refractivity contribution in [2.75, 3.05) is 9.80 Å². The van der Waals surface area contributed by atoms with Crippen molar-refractivity contribution in [3.63, 3.8) is 0 Å². The second kappa shape index (κ2) is 14.3. The van der Waals surface area contributed by atoms with Gasteiger partial charge in [0, 0.05) is 78.2 Å². The molecule has 1 aliphatic heterocycles. The smallest absolute Gasteiger partial charge is 0.137 e. The largest absolute Gasteiger partial charge is 0.509 e. The molecular weight excluding hydrogens is 882 g/mol. The number of fused-ring (bicyclic) bond motifs is 6. The van der Waals surface area contributed by atoms with Gasteiger partial charge in [-0.1, -0.05) is 109 Å². The van der Waals surface area contributed by atoms with Crippen LogP contribution in [0.4, 0.5) is 11.4 Å². The number of anilines is 2. The van der Waals surface area contributed by atoms with Crippen LogP contribution in [0.2, 0.25) is 0 Å². The van der Waals surface area contributed by atoms with Gasteiger partial charge in [0.2, 0.25) is 0 Å². The molecule has 0 amide bonds. The standard InChI is InChI=1S/C50H32N5O.Pt/c1-4-15-35(16-5-1)49-33-52(36-17-6-2-7-18-36)34-53(49)38-21-14-22-39(29-38)56-40-27-28-43-41-23-10-13-26-46(41)55(47(43)30-40)50-31-48-44(32-51-50)42-24-11-12-25-45(42)54(48)37-19-8-3-9-20-37;/h1-28,31-34H;/q-3;. The Morgan fingerprint density at radius 3 is 1.89 bits per heavy atom. The molecule has 11 rings (SSSR count). The summed E-state index contributed by atoms with van der Waals surface area (Å²) in [6.07, 6.45) is 4.15. The fourth-order valence-corrected chi connectivity index (χ4v) is 7.93. The normalized spacial score (nSPS) is 12.7. The number of aromatic nitrogens is 3. The SMILES string of the molecule is [Pt].[c-]1c(Oc2[c-]c3c(cc2)c2ccccc2n3-c2cc3c(cn2)c2ccccc2n3-c2ccccc2)cccc1N1[CH-]N(c2ccccc2)C=C1c1ccccc1. The van der Waals surface area contributed by atoms with Crippen molar-refractivity contribution < 1.29 is 25.8 Å². The molecule has 0 atom stereocenters. The molecule has 276 valence electrons. The Hall–Kier alpha value is -6.88. The molecule has 0 saturated heterocycles. The van der Waals surface area contributed by atoms with Gasteiger partial charge < -0.3 is 23.7 Å². The third-order valence-electron chi connectivity index (χ3n) is 10.5. The second-order valence-corrected chi connectivity index (χ2v) is 13.8. The van der Waals surface area contributed by atoms with E-state index < -0.39 is 0 Å². The molecule has 57 heavy (non-hydrogen) atoms. The zero-order valence-electron chi connectivity index (χ0n) is 30.4. The Kier molecular flexibility index (Phi) is 8.69. The summed E-state index contributed by atoms with van der Waals surface area (Å²) in [5, 5.41) is 4.46. The number of rotatable bonds is 7. The molecule has 7 aromatic carbocycles. The van der Waals surface area contributed by atoms with Gasteiger partial charge in [-0.05, 0) is 53.5 Å². The van der Waals surface area contributed by atoms with Crippen molar-refractivity contribution in [2.45, 2.75) is 0 Å². The number of benzene rings is 7. The van der Waals surface area contributed by atoms with E-state index in [1.54, 1.807) is 0 Å². The minimum absolute atomic E-state index is 0. The summed E-state index contributed by atoms with van der Waals surface area (Å²) in [7, 11) is 0. The van der Waals surface area contributed by atoms with Crippen molar-refractivity contribution >= 4 is 60.7 Å².